The number of carboxylic acid groups (broad SMARTS) is 1. The van der Waals surface area contributed by atoms with Gasteiger partial charge in [0.15, 0.2) is 0 Å². The number of nitriles is 1. The van der Waals surface area contributed by atoms with Crippen molar-refractivity contribution in [1.82, 2.24) is 5.32 Å². The molecular weight excluding hydrogens is 270 g/mol. The van der Waals surface area contributed by atoms with Gasteiger partial charge < -0.3 is 15.7 Å². The summed E-state index contributed by atoms with van der Waals surface area (Å²) < 4.78 is 0. The fraction of sp³-hybridized carbons (Fsp3) is 0.400. The van der Waals surface area contributed by atoms with Crippen LogP contribution in [0.5, 0.6) is 0 Å². The Morgan fingerprint density at radius 3 is 2.76 bits per heavy atom. The van der Waals surface area contributed by atoms with E-state index in [0.29, 0.717) is 30.5 Å². The van der Waals surface area contributed by atoms with Gasteiger partial charge in [0, 0.05) is 11.7 Å². The van der Waals surface area contributed by atoms with Gasteiger partial charge >= 0.3 is 12.0 Å². The number of carbonyl (C=O) groups is 2. The standard InChI is InChI=1S/C15H17N3O3/c1-9-2-3-10(8-16)6-13(9)18-15(21)17-12-5-4-11(7-12)14(19)20/h2-3,6,11-12H,4-5,7H2,1H3,(H,19,20)(H2,17,18,21). The largest absolute Gasteiger partial charge is 0.481 e. The Morgan fingerprint density at radius 1 is 1.38 bits per heavy atom. The second-order valence-electron chi connectivity index (χ2n) is 5.29. The number of rotatable bonds is 3. The van der Waals surface area contributed by atoms with Crippen LogP contribution < -0.4 is 10.6 Å². The molecule has 1 aromatic rings. The Hall–Kier alpha value is -2.55. The number of carbonyl (C=O) groups excluding carboxylic acids is 1. The minimum absolute atomic E-state index is 0.120. The number of amides is 2. The van der Waals surface area contributed by atoms with E-state index in [2.05, 4.69) is 10.6 Å². The quantitative estimate of drug-likeness (QED) is 0.793. The monoisotopic (exact) mass is 287 g/mol. The maximum Gasteiger partial charge on any atom is 0.319 e. The second kappa shape index (κ2) is 6.27. The highest BCUT2D eigenvalue weighted by molar-refractivity contribution is 5.90. The average Bonchev–Trinajstić information content (AvgIpc) is 2.90. The molecule has 2 amide bonds. The van der Waals surface area contributed by atoms with Crippen molar-refractivity contribution < 1.29 is 14.7 Å². The van der Waals surface area contributed by atoms with Crippen molar-refractivity contribution in [2.45, 2.75) is 32.2 Å². The highest BCUT2D eigenvalue weighted by atomic mass is 16.4. The van der Waals surface area contributed by atoms with Crippen LogP contribution in [0.1, 0.15) is 30.4 Å². The van der Waals surface area contributed by atoms with Crippen molar-refractivity contribution in [3.05, 3.63) is 29.3 Å². The van der Waals surface area contributed by atoms with Crippen molar-refractivity contribution in [2.75, 3.05) is 5.32 Å². The number of hydrogen-bond donors (Lipinski definition) is 3. The van der Waals surface area contributed by atoms with Gasteiger partial charge in [-0.2, -0.15) is 5.26 Å². The lowest BCUT2D eigenvalue weighted by molar-refractivity contribution is -0.141. The highest BCUT2D eigenvalue weighted by Gasteiger charge is 2.30. The summed E-state index contributed by atoms with van der Waals surface area (Å²) >= 11 is 0. The van der Waals surface area contributed by atoms with Gasteiger partial charge in [-0.1, -0.05) is 6.07 Å². The molecule has 6 heteroatoms. The predicted octanol–water partition coefficient (Wildman–Crippen LogP) is 2.24. The Morgan fingerprint density at radius 2 is 2.14 bits per heavy atom. The van der Waals surface area contributed by atoms with Crippen molar-refractivity contribution in [2.24, 2.45) is 5.92 Å². The molecule has 2 rings (SSSR count). The van der Waals surface area contributed by atoms with Gasteiger partial charge in [-0.15, -0.1) is 0 Å². The van der Waals surface area contributed by atoms with Crippen LogP contribution in [0.15, 0.2) is 18.2 Å². The third kappa shape index (κ3) is 3.72. The summed E-state index contributed by atoms with van der Waals surface area (Å²) in [4.78, 5) is 22.8. The lowest BCUT2D eigenvalue weighted by Crippen LogP contribution is -2.36. The first-order chi connectivity index (χ1) is 9.99. The SMILES string of the molecule is Cc1ccc(C#N)cc1NC(=O)NC1CCC(C(=O)O)C1. The minimum Gasteiger partial charge on any atom is -0.481 e. The molecule has 0 bridgehead atoms. The van der Waals surface area contributed by atoms with E-state index in [-0.39, 0.29) is 18.0 Å². The Bertz CT molecular complexity index is 607. The molecule has 6 nitrogen and oxygen atoms in total. The number of anilines is 1. The van der Waals surface area contributed by atoms with Gasteiger partial charge in [-0.05, 0) is 43.9 Å². The van der Waals surface area contributed by atoms with Crippen molar-refractivity contribution in [1.29, 1.82) is 5.26 Å². The first-order valence-electron chi connectivity index (χ1n) is 6.80. The normalized spacial score (nSPS) is 20.6. The molecule has 1 aromatic carbocycles. The van der Waals surface area contributed by atoms with Crippen LogP contribution in [-0.2, 0) is 4.79 Å². The zero-order valence-corrected chi connectivity index (χ0v) is 11.7. The van der Waals surface area contributed by atoms with E-state index in [1.54, 1.807) is 18.2 Å². The van der Waals surface area contributed by atoms with Crippen LogP contribution in [0, 0.1) is 24.2 Å². The molecule has 1 fully saturated rings. The third-order valence-corrected chi connectivity index (χ3v) is 3.73. The fourth-order valence-electron chi connectivity index (χ4n) is 2.51. The van der Waals surface area contributed by atoms with Crippen LogP contribution in [0.2, 0.25) is 0 Å². The number of nitrogens with zero attached hydrogens (tertiary/aromatic N) is 1. The molecule has 2 atom stereocenters. The molecule has 0 heterocycles. The van der Waals surface area contributed by atoms with Crippen LogP contribution >= 0.6 is 0 Å². The van der Waals surface area contributed by atoms with E-state index in [0.717, 1.165) is 5.56 Å². The molecule has 0 aliphatic heterocycles. The minimum atomic E-state index is -0.808. The maximum atomic E-state index is 11.9. The predicted molar refractivity (Wildman–Crippen MR) is 76.8 cm³/mol. The van der Waals surface area contributed by atoms with Gasteiger partial charge in [0.25, 0.3) is 0 Å². The van der Waals surface area contributed by atoms with Gasteiger partial charge in [0.1, 0.15) is 0 Å². The molecule has 21 heavy (non-hydrogen) atoms. The number of carboxylic acids is 1. The second-order valence-corrected chi connectivity index (χ2v) is 5.29. The number of nitrogens with one attached hydrogen (secondary N) is 2. The molecule has 0 radical (unpaired) electrons. The summed E-state index contributed by atoms with van der Waals surface area (Å²) in [6.07, 6.45) is 1.71. The Labute approximate surface area is 122 Å². The zero-order valence-electron chi connectivity index (χ0n) is 11.7. The molecule has 3 N–H and O–H groups in total. The number of hydrogen-bond acceptors (Lipinski definition) is 3. The first-order valence-corrected chi connectivity index (χ1v) is 6.80. The molecule has 1 aliphatic rings. The van der Waals surface area contributed by atoms with Crippen molar-refractivity contribution in [3.8, 4) is 6.07 Å². The van der Waals surface area contributed by atoms with E-state index >= 15 is 0 Å². The molecule has 2 unspecified atom stereocenters. The topological polar surface area (TPSA) is 102 Å². The smallest absolute Gasteiger partial charge is 0.319 e. The summed E-state index contributed by atoms with van der Waals surface area (Å²) in [7, 11) is 0. The van der Waals surface area contributed by atoms with Crippen LogP contribution in [0.25, 0.3) is 0 Å². The number of benzene rings is 1. The van der Waals surface area contributed by atoms with Crippen LogP contribution in [0.3, 0.4) is 0 Å². The van der Waals surface area contributed by atoms with E-state index < -0.39 is 5.97 Å². The van der Waals surface area contributed by atoms with E-state index in [4.69, 9.17) is 10.4 Å². The number of aryl methyl sites for hydroxylation is 1. The van der Waals surface area contributed by atoms with E-state index in [1.807, 2.05) is 13.0 Å². The molecular formula is C15H17N3O3. The third-order valence-electron chi connectivity index (χ3n) is 3.73. The Balaban J connectivity index is 1.94. The molecule has 1 saturated carbocycles. The summed E-state index contributed by atoms with van der Waals surface area (Å²) in [6.45, 7) is 1.84. The lowest BCUT2D eigenvalue weighted by Gasteiger charge is -2.14. The number of urea groups is 1. The van der Waals surface area contributed by atoms with Crippen molar-refractivity contribution in [3.63, 3.8) is 0 Å². The summed E-state index contributed by atoms with van der Waals surface area (Å²) in [5.74, 6) is -1.18. The first kappa shape index (κ1) is 14.9. The fourth-order valence-corrected chi connectivity index (χ4v) is 2.51. The summed E-state index contributed by atoms with van der Waals surface area (Å²) in [5, 5.41) is 23.3. The molecule has 0 saturated heterocycles. The summed E-state index contributed by atoms with van der Waals surface area (Å²) in [5.41, 5.74) is 1.92. The maximum absolute atomic E-state index is 11.9. The molecule has 0 aromatic heterocycles. The van der Waals surface area contributed by atoms with E-state index in [9.17, 15) is 9.59 Å². The lowest BCUT2D eigenvalue weighted by atomic mass is 10.1. The van der Waals surface area contributed by atoms with Crippen molar-refractivity contribution >= 4 is 17.7 Å². The molecule has 110 valence electrons. The molecule has 0 spiro atoms. The van der Waals surface area contributed by atoms with Gasteiger partial charge in [-0.3, -0.25) is 4.79 Å². The van der Waals surface area contributed by atoms with Gasteiger partial charge in [0.2, 0.25) is 0 Å². The Kier molecular flexibility index (Phi) is 4.43. The van der Waals surface area contributed by atoms with Gasteiger partial charge in [-0.25, -0.2) is 4.79 Å². The summed E-state index contributed by atoms with van der Waals surface area (Å²) in [6, 6.07) is 6.60. The average molecular weight is 287 g/mol. The van der Waals surface area contributed by atoms with Crippen LogP contribution in [0.4, 0.5) is 10.5 Å². The highest BCUT2D eigenvalue weighted by Crippen LogP contribution is 2.25. The molecule has 1 aliphatic carbocycles. The zero-order chi connectivity index (χ0) is 15.4. The van der Waals surface area contributed by atoms with Crippen LogP contribution in [-0.4, -0.2) is 23.1 Å². The van der Waals surface area contributed by atoms with E-state index in [1.165, 1.54) is 0 Å². The number of aliphatic carboxylic acids is 1. The van der Waals surface area contributed by atoms with Gasteiger partial charge in [0.05, 0.1) is 17.6 Å².